The Balaban J connectivity index is 2.49. The van der Waals surface area contributed by atoms with Gasteiger partial charge in [0.05, 0.1) is 12.1 Å². The predicted molar refractivity (Wildman–Crippen MR) is 78.0 cm³/mol. The van der Waals surface area contributed by atoms with Crippen molar-refractivity contribution in [2.24, 2.45) is 11.7 Å². The number of benzene rings is 1. The molecular formula is C16H25NO2. The minimum Gasteiger partial charge on any atom is -0.379 e. The number of nitrogens with two attached hydrogens (primary N) is 1. The molecule has 0 aliphatic rings. The van der Waals surface area contributed by atoms with Crippen molar-refractivity contribution in [3.8, 4) is 0 Å². The topological polar surface area (TPSA) is 52.3 Å². The van der Waals surface area contributed by atoms with Gasteiger partial charge in [0.1, 0.15) is 6.29 Å². The first-order valence-electron chi connectivity index (χ1n) is 7.00. The summed E-state index contributed by atoms with van der Waals surface area (Å²) >= 11 is 0. The van der Waals surface area contributed by atoms with Gasteiger partial charge in [-0.2, -0.15) is 0 Å². The van der Waals surface area contributed by atoms with Crippen LogP contribution in [0.1, 0.15) is 32.3 Å². The lowest BCUT2D eigenvalue weighted by molar-refractivity contribution is -0.114. The number of rotatable bonds is 9. The average molecular weight is 263 g/mol. The van der Waals surface area contributed by atoms with Gasteiger partial charge in [0, 0.05) is 6.61 Å². The van der Waals surface area contributed by atoms with Crippen LogP contribution in [0.15, 0.2) is 30.3 Å². The van der Waals surface area contributed by atoms with Gasteiger partial charge in [-0.05, 0) is 17.9 Å². The van der Waals surface area contributed by atoms with Gasteiger partial charge in [0.25, 0.3) is 0 Å². The molecule has 1 atom stereocenters. The smallest absolute Gasteiger partial charge is 0.142 e. The van der Waals surface area contributed by atoms with Crippen molar-refractivity contribution in [2.75, 3.05) is 13.2 Å². The van der Waals surface area contributed by atoms with Gasteiger partial charge in [-0.15, -0.1) is 0 Å². The zero-order chi connectivity index (χ0) is 14.1. The largest absolute Gasteiger partial charge is 0.379 e. The number of carbonyl (C=O) groups is 1. The predicted octanol–water partition coefficient (Wildman–Crippen LogP) is 2.58. The SMILES string of the molecule is CCC(CC)COCC(N)(C=O)Cc1ccccc1. The highest BCUT2D eigenvalue weighted by Gasteiger charge is 2.25. The molecule has 106 valence electrons. The van der Waals surface area contributed by atoms with Gasteiger partial charge in [0.15, 0.2) is 0 Å². The highest BCUT2D eigenvalue weighted by Crippen LogP contribution is 2.12. The molecule has 0 bridgehead atoms. The molecule has 0 aliphatic carbocycles. The average Bonchev–Trinajstić information content (AvgIpc) is 2.45. The molecule has 0 heterocycles. The molecule has 3 heteroatoms. The van der Waals surface area contributed by atoms with E-state index in [9.17, 15) is 4.79 Å². The van der Waals surface area contributed by atoms with Crippen molar-refractivity contribution in [2.45, 2.75) is 38.6 Å². The zero-order valence-electron chi connectivity index (χ0n) is 12.0. The first-order valence-corrected chi connectivity index (χ1v) is 7.00. The molecule has 0 aliphatic heterocycles. The van der Waals surface area contributed by atoms with Gasteiger partial charge in [-0.1, -0.05) is 57.0 Å². The van der Waals surface area contributed by atoms with E-state index in [1.165, 1.54) is 0 Å². The lowest BCUT2D eigenvalue weighted by Gasteiger charge is -2.24. The van der Waals surface area contributed by atoms with Crippen LogP contribution in [0.25, 0.3) is 0 Å². The minimum absolute atomic E-state index is 0.280. The van der Waals surface area contributed by atoms with E-state index in [1.54, 1.807) is 0 Å². The van der Waals surface area contributed by atoms with Gasteiger partial charge < -0.3 is 15.3 Å². The first-order chi connectivity index (χ1) is 9.13. The quantitative estimate of drug-likeness (QED) is 0.697. The fourth-order valence-corrected chi connectivity index (χ4v) is 2.04. The summed E-state index contributed by atoms with van der Waals surface area (Å²) in [6.45, 7) is 5.25. The van der Waals surface area contributed by atoms with E-state index in [2.05, 4.69) is 13.8 Å². The second-order valence-corrected chi connectivity index (χ2v) is 5.21. The van der Waals surface area contributed by atoms with E-state index in [4.69, 9.17) is 10.5 Å². The molecule has 1 aromatic rings. The third-order valence-corrected chi connectivity index (χ3v) is 3.49. The zero-order valence-corrected chi connectivity index (χ0v) is 12.0. The van der Waals surface area contributed by atoms with Crippen LogP contribution < -0.4 is 5.73 Å². The van der Waals surface area contributed by atoms with Crippen molar-refractivity contribution < 1.29 is 9.53 Å². The number of hydrogen-bond donors (Lipinski definition) is 1. The Morgan fingerprint density at radius 1 is 1.26 bits per heavy atom. The van der Waals surface area contributed by atoms with Crippen LogP contribution >= 0.6 is 0 Å². The Morgan fingerprint density at radius 3 is 2.42 bits per heavy atom. The van der Waals surface area contributed by atoms with Crippen molar-refractivity contribution in [1.29, 1.82) is 0 Å². The summed E-state index contributed by atoms with van der Waals surface area (Å²) in [6.07, 6.45) is 3.51. The summed E-state index contributed by atoms with van der Waals surface area (Å²) in [5.74, 6) is 0.549. The standard InChI is InChI=1S/C16H25NO2/c1-3-14(4-2)11-19-13-16(17,12-18)10-15-8-6-5-7-9-15/h5-9,12,14H,3-4,10-11,13,17H2,1-2H3. The highest BCUT2D eigenvalue weighted by molar-refractivity contribution is 5.64. The Hall–Kier alpha value is -1.19. The van der Waals surface area contributed by atoms with E-state index in [0.29, 0.717) is 18.9 Å². The molecule has 0 spiro atoms. The van der Waals surface area contributed by atoms with Gasteiger partial charge in [-0.25, -0.2) is 0 Å². The van der Waals surface area contributed by atoms with Crippen LogP contribution in [0.2, 0.25) is 0 Å². The highest BCUT2D eigenvalue weighted by atomic mass is 16.5. The van der Waals surface area contributed by atoms with E-state index in [0.717, 1.165) is 24.7 Å². The Labute approximate surface area is 116 Å². The monoisotopic (exact) mass is 263 g/mol. The number of carbonyl (C=O) groups excluding carboxylic acids is 1. The van der Waals surface area contributed by atoms with Crippen LogP contribution in [0.3, 0.4) is 0 Å². The molecule has 2 N–H and O–H groups in total. The third kappa shape index (κ3) is 5.53. The van der Waals surface area contributed by atoms with Crippen molar-refractivity contribution in [3.05, 3.63) is 35.9 Å². The first kappa shape index (κ1) is 15.9. The van der Waals surface area contributed by atoms with E-state index < -0.39 is 5.54 Å². The van der Waals surface area contributed by atoms with E-state index in [-0.39, 0.29) is 6.61 Å². The molecule has 0 aromatic heterocycles. The molecule has 3 nitrogen and oxygen atoms in total. The van der Waals surface area contributed by atoms with Crippen molar-refractivity contribution in [1.82, 2.24) is 0 Å². The molecule has 1 aromatic carbocycles. The minimum atomic E-state index is -0.923. The van der Waals surface area contributed by atoms with Crippen molar-refractivity contribution in [3.63, 3.8) is 0 Å². The summed E-state index contributed by atoms with van der Waals surface area (Å²) in [4.78, 5) is 11.2. The summed E-state index contributed by atoms with van der Waals surface area (Å²) in [6, 6.07) is 9.81. The van der Waals surface area contributed by atoms with Crippen LogP contribution in [0, 0.1) is 5.92 Å². The Morgan fingerprint density at radius 2 is 1.89 bits per heavy atom. The van der Waals surface area contributed by atoms with Crippen LogP contribution in [0.4, 0.5) is 0 Å². The molecule has 19 heavy (non-hydrogen) atoms. The fraction of sp³-hybridized carbons (Fsp3) is 0.562. The Bertz CT molecular complexity index is 362. The number of hydrogen-bond acceptors (Lipinski definition) is 3. The Kier molecular flexibility index (Phi) is 6.74. The maximum atomic E-state index is 11.2. The fourth-order valence-electron chi connectivity index (χ4n) is 2.04. The third-order valence-electron chi connectivity index (χ3n) is 3.49. The number of aldehydes is 1. The molecule has 0 amide bonds. The number of ether oxygens (including phenoxy) is 1. The van der Waals surface area contributed by atoms with Crippen LogP contribution in [0.5, 0.6) is 0 Å². The second kappa shape index (κ2) is 8.08. The van der Waals surface area contributed by atoms with Gasteiger partial charge in [-0.3, -0.25) is 0 Å². The van der Waals surface area contributed by atoms with Gasteiger partial charge in [0.2, 0.25) is 0 Å². The van der Waals surface area contributed by atoms with E-state index >= 15 is 0 Å². The normalized spacial score (nSPS) is 14.3. The maximum Gasteiger partial charge on any atom is 0.142 e. The summed E-state index contributed by atoms with van der Waals surface area (Å²) < 4.78 is 5.65. The maximum absolute atomic E-state index is 11.2. The summed E-state index contributed by atoms with van der Waals surface area (Å²) in [5, 5.41) is 0. The second-order valence-electron chi connectivity index (χ2n) is 5.21. The van der Waals surface area contributed by atoms with E-state index in [1.807, 2.05) is 30.3 Å². The molecular weight excluding hydrogens is 238 g/mol. The summed E-state index contributed by atoms with van der Waals surface area (Å²) in [5.41, 5.74) is 6.24. The molecule has 0 fully saturated rings. The summed E-state index contributed by atoms with van der Waals surface area (Å²) in [7, 11) is 0. The molecule has 0 saturated carbocycles. The molecule has 0 saturated heterocycles. The van der Waals surface area contributed by atoms with Crippen LogP contribution in [-0.2, 0) is 16.0 Å². The van der Waals surface area contributed by atoms with Gasteiger partial charge >= 0.3 is 0 Å². The molecule has 0 radical (unpaired) electrons. The lowest BCUT2D eigenvalue weighted by atomic mass is 9.94. The molecule has 1 rings (SSSR count). The lowest BCUT2D eigenvalue weighted by Crippen LogP contribution is -2.48. The van der Waals surface area contributed by atoms with Crippen LogP contribution in [-0.4, -0.2) is 25.0 Å². The van der Waals surface area contributed by atoms with Crippen molar-refractivity contribution >= 4 is 6.29 Å². The molecule has 1 unspecified atom stereocenters.